The Morgan fingerprint density at radius 3 is 1.29 bits per heavy atom. The molecule has 1 aliphatic carbocycles. The van der Waals surface area contributed by atoms with Crippen molar-refractivity contribution in [1.29, 1.82) is 0 Å². The van der Waals surface area contributed by atoms with Gasteiger partial charge in [-0.1, -0.05) is 60.7 Å². The van der Waals surface area contributed by atoms with E-state index in [9.17, 15) is 4.79 Å². The van der Waals surface area contributed by atoms with E-state index in [2.05, 4.69) is 0 Å². The Kier molecular flexibility index (Phi) is 4.49. The molecular formula is C19H18OS. The van der Waals surface area contributed by atoms with Gasteiger partial charge in [0.05, 0.1) is 0 Å². The van der Waals surface area contributed by atoms with Gasteiger partial charge in [-0.05, 0) is 36.1 Å². The van der Waals surface area contributed by atoms with Crippen molar-refractivity contribution < 1.29 is 4.79 Å². The zero-order valence-electron chi connectivity index (χ0n) is 12.2. The number of ketones is 1. The summed E-state index contributed by atoms with van der Waals surface area (Å²) in [5.74, 6) is 0.136. The molecule has 0 amide bonds. The van der Waals surface area contributed by atoms with Crippen molar-refractivity contribution in [3.8, 4) is 0 Å². The minimum atomic E-state index is 0. The summed E-state index contributed by atoms with van der Waals surface area (Å²) in [4.78, 5) is 12.8. The van der Waals surface area contributed by atoms with Crippen LogP contribution in [0, 0.1) is 0 Å². The predicted octanol–water partition coefficient (Wildman–Crippen LogP) is 4.63. The summed E-state index contributed by atoms with van der Waals surface area (Å²) in [5.41, 5.74) is 5.84. The van der Waals surface area contributed by atoms with E-state index in [1.807, 2.05) is 74.5 Å². The molecule has 0 N–H and O–H groups in total. The van der Waals surface area contributed by atoms with Crippen LogP contribution >= 0.6 is 13.5 Å². The molecular weight excluding hydrogens is 276 g/mol. The van der Waals surface area contributed by atoms with E-state index >= 15 is 0 Å². The highest BCUT2D eigenvalue weighted by molar-refractivity contribution is 7.59. The molecule has 1 nitrogen and oxygen atoms in total. The molecule has 2 aromatic carbocycles. The maximum absolute atomic E-state index is 12.8. The predicted molar refractivity (Wildman–Crippen MR) is 93.5 cm³/mol. The Labute approximate surface area is 132 Å². The zero-order chi connectivity index (χ0) is 14.1. The van der Waals surface area contributed by atoms with Crippen LogP contribution in [0.2, 0.25) is 0 Å². The molecule has 0 atom stereocenters. The highest BCUT2D eigenvalue weighted by atomic mass is 32.1. The van der Waals surface area contributed by atoms with Crippen molar-refractivity contribution >= 4 is 30.4 Å². The fourth-order valence-corrected chi connectivity index (χ4v) is 2.75. The highest BCUT2D eigenvalue weighted by Gasteiger charge is 2.29. The van der Waals surface area contributed by atoms with Crippen LogP contribution in [0.5, 0.6) is 0 Å². The molecule has 0 aliphatic heterocycles. The monoisotopic (exact) mass is 294 g/mol. The number of hydrogen-bond donors (Lipinski definition) is 0. The van der Waals surface area contributed by atoms with E-state index in [1.165, 1.54) is 0 Å². The van der Waals surface area contributed by atoms with Crippen LogP contribution in [0.25, 0.3) is 11.1 Å². The minimum Gasteiger partial charge on any atom is -0.289 e. The van der Waals surface area contributed by atoms with Crippen molar-refractivity contribution in [2.45, 2.75) is 13.8 Å². The van der Waals surface area contributed by atoms with Crippen LogP contribution in [-0.2, 0) is 4.79 Å². The number of Topliss-reactive ketones (excluding diaryl/α,β-unsaturated/α-hetero) is 1. The molecule has 0 fully saturated rings. The third-order valence-corrected chi connectivity index (χ3v) is 3.89. The fraction of sp³-hybridized carbons (Fsp3) is 0.105. The summed E-state index contributed by atoms with van der Waals surface area (Å²) < 4.78 is 0. The summed E-state index contributed by atoms with van der Waals surface area (Å²) in [6.07, 6.45) is 0. The molecule has 0 saturated heterocycles. The molecule has 106 valence electrons. The average molecular weight is 294 g/mol. The first-order chi connectivity index (χ1) is 9.70. The summed E-state index contributed by atoms with van der Waals surface area (Å²) >= 11 is 0. The summed E-state index contributed by atoms with van der Waals surface area (Å²) in [7, 11) is 0. The second-order valence-electron chi connectivity index (χ2n) is 5.06. The topological polar surface area (TPSA) is 17.1 Å². The van der Waals surface area contributed by atoms with Crippen molar-refractivity contribution in [3.63, 3.8) is 0 Å². The number of rotatable bonds is 2. The van der Waals surface area contributed by atoms with Gasteiger partial charge in [-0.2, -0.15) is 13.5 Å². The molecule has 21 heavy (non-hydrogen) atoms. The smallest absolute Gasteiger partial charge is 0.194 e. The number of benzene rings is 2. The van der Waals surface area contributed by atoms with E-state index in [-0.39, 0.29) is 19.3 Å². The van der Waals surface area contributed by atoms with Gasteiger partial charge in [0.15, 0.2) is 5.78 Å². The number of carbonyl (C=O) groups is 1. The van der Waals surface area contributed by atoms with Gasteiger partial charge in [0.2, 0.25) is 0 Å². The van der Waals surface area contributed by atoms with Crippen molar-refractivity contribution in [1.82, 2.24) is 0 Å². The molecule has 0 spiro atoms. The van der Waals surface area contributed by atoms with Gasteiger partial charge in [-0.3, -0.25) is 4.79 Å². The first kappa shape index (κ1) is 15.3. The van der Waals surface area contributed by atoms with Crippen LogP contribution in [0.4, 0.5) is 0 Å². The Balaban J connectivity index is 0.00000161. The lowest BCUT2D eigenvalue weighted by Gasteiger charge is -2.05. The molecule has 0 heterocycles. The van der Waals surface area contributed by atoms with Gasteiger partial charge in [0.25, 0.3) is 0 Å². The maximum Gasteiger partial charge on any atom is 0.194 e. The SMILES string of the molecule is CC1=C(c2ccccc2)C(=O)C(c2ccccc2)=C1C.S. The molecule has 0 saturated carbocycles. The van der Waals surface area contributed by atoms with Crippen LogP contribution in [0.15, 0.2) is 71.8 Å². The molecule has 0 bridgehead atoms. The first-order valence-electron chi connectivity index (χ1n) is 6.78. The van der Waals surface area contributed by atoms with E-state index in [0.717, 1.165) is 33.4 Å². The van der Waals surface area contributed by atoms with Gasteiger partial charge >= 0.3 is 0 Å². The molecule has 0 unspecified atom stereocenters. The van der Waals surface area contributed by atoms with E-state index in [4.69, 9.17) is 0 Å². The van der Waals surface area contributed by atoms with Gasteiger partial charge in [0.1, 0.15) is 0 Å². The summed E-state index contributed by atoms with van der Waals surface area (Å²) in [5, 5.41) is 0. The summed E-state index contributed by atoms with van der Waals surface area (Å²) in [6.45, 7) is 4.07. The fourth-order valence-electron chi connectivity index (χ4n) is 2.75. The van der Waals surface area contributed by atoms with E-state index < -0.39 is 0 Å². The van der Waals surface area contributed by atoms with Gasteiger partial charge in [0, 0.05) is 11.1 Å². The van der Waals surface area contributed by atoms with Crippen LogP contribution in [0.3, 0.4) is 0 Å². The number of allylic oxidation sites excluding steroid dienone is 4. The quantitative estimate of drug-likeness (QED) is 0.789. The van der Waals surface area contributed by atoms with E-state index in [0.29, 0.717) is 0 Å². The Bertz CT molecular complexity index is 661. The van der Waals surface area contributed by atoms with E-state index in [1.54, 1.807) is 0 Å². The molecule has 2 heteroatoms. The second kappa shape index (κ2) is 6.15. The third-order valence-electron chi connectivity index (χ3n) is 3.89. The first-order valence-corrected chi connectivity index (χ1v) is 6.78. The van der Waals surface area contributed by atoms with Gasteiger partial charge < -0.3 is 0 Å². The lowest BCUT2D eigenvalue weighted by molar-refractivity contribution is -0.108. The van der Waals surface area contributed by atoms with Crippen LogP contribution in [0.1, 0.15) is 25.0 Å². The zero-order valence-corrected chi connectivity index (χ0v) is 13.2. The highest BCUT2D eigenvalue weighted by Crippen LogP contribution is 2.39. The molecule has 0 radical (unpaired) electrons. The lowest BCUT2D eigenvalue weighted by atomic mass is 9.96. The van der Waals surface area contributed by atoms with Crippen molar-refractivity contribution in [2.75, 3.05) is 0 Å². The second-order valence-corrected chi connectivity index (χ2v) is 5.06. The Morgan fingerprint density at radius 2 is 0.952 bits per heavy atom. The number of hydrogen-bond acceptors (Lipinski definition) is 1. The van der Waals surface area contributed by atoms with Gasteiger partial charge in [-0.25, -0.2) is 0 Å². The maximum atomic E-state index is 12.8. The normalized spacial score (nSPS) is 14.5. The lowest BCUT2D eigenvalue weighted by Crippen LogP contribution is -2.01. The van der Waals surface area contributed by atoms with Crippen molar-refractivity contribution in [3.05, 3.63) is 82.9 Å². The van der Waals surface area contributed by atoms with Crippen molar-refractivity contribution in [2.24, 2.45) is 0 Å². The number of carbonyl (C=O) groups excluding carboxylic acids is 1. The van der Waals surface area contributed by atoms with Crippen LogP contribution < -0.4 is 0 Å². The third kappa shape index (κ3) is 2.59. The molecule has 2 aromatic rings. The van der Waals surface area contributed by atoms with Gasteiger partial charge in [-0.15, -0.1) is 0 Å². The average Bonchev–Trinajstić information content (AvgIpc) is 2.71. The Morgan fingerprint density at radius 1 is 0.619 bits per heavy atom. The Hall–Kier alpha value is -2.06. The standard InChI is InChI=1S/C19H16O.H2S/c1-13-14(2)18(16-11-7-4-8-12-16)19(20)17(13)15-9-5-3-6-10-15;/h3-12H,1-2H3;1H2. The molecule has 1 aliphatic rings. The summed E-state index contributed by atoms with van der Waals surface area (Å²) in [6, 6.07) is 19.8. The molecule has 0 aromatic heterocycles. The minimum absolute atomic E-state index is 0. The van der Waals surface area contributed by atoms with Crippen LogP contribution in [-0.4, -0.2) is 5.78 Å². The largest absolute Gasteiger partial charge is 0.289 e. The molecule has 3 rings (SSSR count).